The highest BCUT2D eigenvalue weighted by Gasteiger charge is 2.33. The first-order valence-electron chi connectivity index (χ1n) is 8.00. The van der Waals surface area contributed by atoms with Crippen LogP contribution < -0.4 is 10.6 Å². The summed E-state index contributed by atoms with van der Waals surface area (Å²) in [6.07, 6.45) is 3.77. The normalized spacial score (nSPS) is 19.5. The smallest absolute Gasteiger partial charge is 0.237 e. The molecule has 1 atom stereocenters. The Kier molecular flexibility index (Phi) is 5.41. The van der Waals surface area contributed by atoms with Crippen LogP contribution >= 0.6 is 0 Å². The molecular formula is C16H27N5O2. The van der Waals surface area contributed by atoms with Crippen LogP contribution in [0.3, 0.4) is 0 Å². The Morgan fingerprint density at radius 3 is 2.83 bits per heavy atom. The molecule has 2 heterocycles. The molecule has 0 saturated carbocycles. The molecule has 1 aliphatic heterocycles. The number of rotatable bonds is 5. The maximum atomic E-state index is 12.2. The summed E-state index contributed by atoms with van der Waals surface area (Å²) < 4.78 is 1.70. The third kappa shape index (κ3) is 5.35. The van der Waals surface area contributed by atoms with E-state index in [4.69, 9.17) is 0 Å². The largest absolute Gasteiger partial charge is 0.353 e. The molecule has 2 N–H and O–H groups in total. The Bertz CT molecular complexity index is 561. The van der Waals surface area contributed by atoms with Crippen LogP contribution in [-0.2, 0) is 23.2 Å². The third-order valence-corrected chi connectivity index (χ3v) is 3.75. The van der Waals surface area contributed by atoms with E-state index in [-0.39, 0.29) is 23.7 Å². The lowest BCUT2D eigenvalue weighted by atomic mass is 9.94. The van der Waals surface area contributed by atoms with Gasteiger partial charge >= 0.3 is 0 Å². The standard InChI is InChI=1S/C16H27N5O2/c1-16(2,3)11-21-6-5-17-15(23)13(21)7-14(22)18-8-12-9-19-20(4)10-12/h9-10,13H,5-8,11H2,1-4H3,(H,17,23)(H,18,22)/t13-/m1/s1. The van der Waals surface area contributed by atoms with Crippen LogP contribution in [-0.4, -0.2) is 52.2 Å². The average molecular weight is 321 g/mol. The van der Waals surface area contributed by atoms with E-state index in [2.05, 4.69) is 41.4 Å². The number of carbonyl (C=O) groups excluding carboxylic acids is 2. The van der Waals surface area contributed by atoms with Gasteiger partial charge in [0.25, 0.3) is 0 Å². The number of aromatic nitrogens is 2. The van der Waals surface area contributed by atoms with Crippen LogP contribution in [0.4, 0.5) is 0 Å². The highest BCUT2D eigenvalue weighted by Crippen LogP contribution is 2.19. The van der Waals surface area contributed by atoms with E-state index in [1.54, 1.807) is 10.9 Å². The number of aryl methyl sites for hydroxylation is 1. The Morgan fingerprint density at radius 1 is 1.48 bits per heavy atom. The van der Waals surface area contributed by atoms with E-state index in [9.17, 15) is 9.59 Å². The van der Waals surface area contributed by atoms with Gasteiger partial charge in [-0.15, -0.1) is 0 Å². The molecule has 0 aromatic carbocycles. The summed E-state index contributed by atoms with van der Waals surface area (Å²) in [5.41, 5.74) is 1.03. The topological polar surface area (TPSA) is 79.3 Å². The van der Waals surface area contributed by atoms with Crippen molar-refractivity contribution in [2.75, 3.05) is 19.6 Å². The van der Waals surface area contributed by atoms with Crippen LogP contribution in [0.25, 0.3) is 0 Å². The third-order valence-electron chi connectivity index (χ3n) is 3.75. The number of piperazine rings is 1. The van der Waals surface area contributed by atoms with Gasteiger partial charge < -0.3 is 10.6 Å². The maximum absolute atomic E-state index is 12.2. The average Bonchev–Trinajstić information content (AvgIpc) is 2.85. The molecule has 0 aliphatic carbocycles. The first-order chi connectivity index (χ1) is 10.7. The first kappa shape index (κ1) is 17.5. The molecule has 2 rings (SSSR count). The van der Waals surface area contributed by atoms with Gasteiger partial charge in [0.05, 0.1) is 18.7 Å². The lowest BCUT2D eigenvalue weighted by molar-refractivity contribution is -0.134. The summed E-state index contributed by atoms with van der Waals surface area (Å²) in [5, 5.41) is 9.79. The van der Waals surface area contributed by atoms with E-state index >= 15 is 0 Å². The summed E-state index contributed by atoms with van der Waals surface area (Å²) in [6, 6.07) is -0.392. The molecule has 0 unspecified atom stereocenters. The fraction of sp³-hybridized carbons (Fsp3) is 0.688. The van der Waals surface area contributed by atoms with Crippen molar-refractivity contribution in [2.45, 2.75) is 39.8 Å². The SMILES string of the molecule is Cn1cc(CNC(=O)C[C@@H]2C(=O)NCCN2CC(C)(C)C)cn1. The minimum Gasteiger partial charge on any atom is -0.353 e. The molecule has 1 saturated heterocycles. The van der Waals surface area contributed by atoms with Gasteiger partial charge in [0.1, 0.15) is 0 Å². The van der Waals surface area contributed by atoms with Crippen molar-refractivity contribution >= 4 is 11.8 Å². The van der Waals surface area contributed by atoms with E-state index < -0.39 is 6.04 Å². The van der Waals surface area contributed by atoms with E-state index in [0.29, 0.717) is 13.1 Å². The zero-order chi connectivity index (χ0) is 17.0. The minimum absolute atomic E-state index is 0.0583. The van der Waals surface area contributed by atoms with Crippen molar-refractivity contribution in [3.63, 3.8) is 0 Å². The predicted octanol–water partition coefficient (Wildman–Crippen LogP) is 0.273. The zero-order valence-electron chi connectivity index (χ0n) is 14.4. The van der Waals surface area contributed by atoms with Crippen molar-refractivity contribution in [3.05, 3.63) is 18.0 Å². The predicted molar refractivity (Wildman–Crippen MR) is 87.5 cm³/mol. The molecule has 1 aromatic rings. The van der Waals surface area contributed by atoms with Crippen molar-refractivity contribution in [2.24, 2.45) is 12.5 Å². The highest BCUT2D eigenvalue weighted by molar-refractivity contribution is 5.88. The van der Waals surface area contributed by atoms with Crippen LogP contribution in [0.1, 0.15) is 32.8 Å². The van der Waals surface area contributed by atoms with Gasteiger partial charge in [-0.2, -0.15) is 5.10 Å². The van der Waals surface area contributed by atoms with Gasteiger partial charge in [-0.1, -0.05) is 20.8 Å². The summed E-state index contributed by atoms with van der Waals surface area (Å²) in [5.74, 6) is -0.174. The molecule has 1 aromatic heterocycles. The van der Waals surface area contributed by atoms with Gasteiger partial charge in [0.15, 0.2) is 0 Å². The lowest BCUT2D eigenvalue weighted by Crippen LogP contribution is -2.58. The molecule has 128 valence electrons. The van der Waals surface area contributed by atoms with Crippen LogP contribution in [0.2, 0.25) is 0 Å². The molecule has 2 amide bonds. The Morgan fingerprint density at radius 2 is 2.22 bits per heavy atom. The van der Waals surface area contributed by atoms with Crippen molar-refractivity contribution < 1.29 is 9.59 Å². The van der Waals surface area contributed by atoms with E-state index in [1.807, 2.05) is 13.2 Å². The molecule has 7 nitrogen and oxygen atoms in total. The molecule has 1 aliphatic rings. The number of hydrogen-bond acceptors (Lipinski definition) is 4. The van der Waals surface area contributed by atoms with Gasteiger partial charge in [-0.3, -0.25) is 19.2 Å². The summed E-state index contributed by atoms with van der Waals surface area (Å²) in [6.45, 7) is 9.06. The van der Waals surface area contributed by atoms with Gasteiger partial charge in [-0.25, -0.2) is 0 Å². The quantitative estimate of drug-likeness (QED) is 0.816. The zero-order valence-corrected chi connectivity index (χ0v) is 14.4. The highest BCUT2D eigenvalue weighted by atomic mass is 16.2. The number of hydrogen-bond donors (Lipinski definition) is 2. The number of nitrogens with one attached hydrogen (secondary N) is 2. The number of carbonyl (C=O) groups is 2. The molecule has 1 fully saturated rings. The second-order valence-corrected chi connectivity index (χ2v) is 7.34. The summed E-state index contributed by atoms with van der Waals surface area (Å²) in [7, 11) is 1.84. The van der Waals surface area contributed by atoms with Gasteiger partial charge in [-0.05, 0) is 5.41 Å². The number of amides is 2. The van der Waals surface area contributed by atoms with Crippen molar-refractivity contribution in [1.29, 1.82) is 0 Å². The lowest BCUT2D eigenvalue weighted by Gasteiger charge is -2.38. The van der Waals surface area contributed by atoms with Crippen molar-refractivity contribution in [3.8, 4) is 0 Å². The molecule has 0 radical (unpaired) electrons. The number of nitrogens with zero attached hydrogens (tertiary/aromatic N) is 3. The molecule has 23 heavy (non-hydrogen) atoms. The Hall–Kier alpha value is -1.89. The van der Waals surface area contributed by atoms with E-state index in [0.717, 1.165) is 18.7 Å². The van der Waals surface area contributed by atoms with Crippen molar-refractivity contribution in [1.82, 2.24) is 25.3 Å². The monoisotopic (exact) mass is 321 g/mol. The van der Waals surface area contributed by atoms with Crippen LogP contribution in [0, 0.1) is 5.41 Å². The van der Waals surface area contributed by atoms with E-state index in [1.165, 1.54) is 0 Å². The fourth-order valence-corrected chi connectivity index (χ4v) is 2.79. The van der Waals surface area contributed by atoms with Gasteiger partial charge in [0.2, 0.25) is 11.8 Å². The summed E-state index contributed by atoms with van der Waals surface area (Å²) >= 11 is 0. The fourth-order valence-electron chi connectivity index (χ4n) is 2.79. The first-order valence-corrected chi connectivity index (χ1v) is 8.00. The molecular weight excluding hydrogens is 294 g/mol. The second-order valence-electron chi connectivity index (χ2n) is 7.34. The molecule has 0 spiro atoms. The van der Waals surface area contributed by atoms with Crippen LogP contribution in [0.15, 0.2) is 12.4 Å². The molecule has 7 heteroatoms. The second kappa shape index (κ2) is 7.12. The Labute approximate surface area is 137 Å². The Balaban J connectivity index is 1.91. The van der Waals surface area contributed by atoms with Gasteiger partial charge in [0, 0.05) is 45.0 Å². The minimum atomic E-state index is -0.392. The summed E-state index contributed by atoms with van der Waals surface area (Å²) in [4.78, 5) is 26.5. The maximum Gasteiger partial charge on any atom is 0.237 e. The molecule has 0 bridgehead atoms. The van der Waals surface area contributed by atoms with Crippen LogP contribution in [0.5, 0.6) is 0 Å².